The molecule has 1 fully saturated rings. The van der Waals surface area contributed by atoms with Crippen LogP contribution in [0.5, 0.6) is 0 Å². The summed E-state index contributed by atoms with van der Waals surface area (Å²) in [6, 6.07) is 2.12. The lowest BCUT2D eigenvalue weighted by Gasteiger charge is -2.35. The third-order valence-electron chi connectivity index (χ3n) is 4.08. The molecular formula is C17H24N4O2S. The Labute approximate surface area is 146 Å². The van der Waals surface area contributed by atoms with E-state index in [0.717, 1.165) is 28.3 Å². The highest BCUT2D eigenvalue weighted by Crippen LogP contribution is 2.29. The van der Waals surface area contributed by atoms with E-state index in [4.69, 9.17) is 4.74 Å². The molecule has 2 aromatic rings. The largest absolute Gasteiger partial charge is 0.372 e. The van der Waals surface area contributed by atoms with Crippen molar-refractivity contribution < 1.29 is 9.53 Å². The Balaban J connectivity index is 1.73. The lowest BCUT2D eigenvalue weighted by atomic mass is 10.2. The number of aryl methyl sites for hydroxylation is 2. The predicted octanol–water partition coefficient (Wildman–Crippen LogP) is 2.61. The SMILES string of the molecule is CCc1cc2c(NCC(=O)N3CC(C)OC(C)C3)nc(C)nc2s1. The number of anilines is 1. The summed E-state index contributed by atoms with van der Waals surface area (Å²) < 4.78 is 5.68. The maximum absolute atomic E-state index is 12.5. The summed E-state index contributed by atoms with van der Waals surface area (Å²) in [6.45, 7) is 9.52. The molecule has 1 aliphatic rings. The Kier molecular flexibility index (Phi) is 5.01. The van der Waals surface area contributed by atoms with Crippen molar-refractivity contribution in [2.24, 2.45) is 0 Å². The second-order valence-electron chi connectivity index (χ2n) is 6.31. The predicted molar refractivity (Wildman–Crippen MR) is 96.6 cm³/mol. The maximum atomic E-state index is 12.5. The average Bonchev–Trinajstić information content (AvgIpc) is 2.94. The first-order valence-corrected chi connectivity index (χ1v) is 9.22. The summed E-state index contributed by atoms with van der Waals surface area (Å²) in [5.41, 5.74) is 0. The summed E-state index contributed by atoms with van der Waals surface area (Å²) in [5.74, 6) is 1.54. The van der Waals surface area contributed by atoms with Crippen LogP contribution in [0, 0.1) is 6.92 Å². The van der Waals surface area contributed by atoms with Gasteiger partial charge in [0.25, 0.3) is 0 Å². The molecule has 1 N–H and O–H groups in total. The number of nitrogens with zero attached hydrogens (tertiary/aromatic N) is 3. The van der Waals surface area contributed by atoms with Gasteiger partial charge in [0, 0.05) is 18.0 Å². The van der Waals surface area contributed by atoms with Crippen LogP contribution in [0.2, 0.25) is 0 Å². The van der Waals surface area contributed by atoms with Crippen LogP contribution in [0.4, 0.5) is 5.82 Å². The van der Waals surface area contributed by atoms with E-state index in [2.05, 4.69) is 28.3 Å². The van der Waals surface area contributed by atoms with Crippen LogP contribution in [-0.4, -0.2) is 52.6 Å². The first-order valence-electron chi connectivity index (χ1n) is 8.40. The number of thiophene rings is 1. The van der Waals surface area contributed by atoms with Crippen LogP contribution in [0.15, 0.2) is 6.07 Å². The second-order valence-corrected chi connectivity index (χ2v) is 7.43. The molecule has 0 aliphatic carbocycles. The van der Waals surface area contributed by atoms with Crippen LogP contribution in [-0.2, 0) is 16.0 Å². The number of aromatic nitrogens is 2. The number of carbonyl (C=O) groups excluding carboxylic acids is 1. The molecule has 0 aromatic carbocycles. The molecule has 0 spiro atoms. The monoisotopic (exact) mass is 348 g/mol. The Morgan fingerprint density at radius 3 is 2.75 bits per heavy atom. The molecule has 7 heteroatoms. The van der Waals surface area contributed by atoms with E-state index < -0.39 is 0 Å². The maximum Gasteiger partial charge on any atom is 0.242 e. The number of nitrogens with one attached hydrogen (secondary N) is 1. The van der Waals surface area contributed by atoms with Crippen molar-refractivity contribution in [1.82, 2.24) is 14.9 Å². The standard InChI is InChI=1S/C17H24N4O2S/c1-5-13-6-14-16(19-12(4)20-17(14)24-13)18-7-15(22)21-8-10(2)23-11(3)9-21/h6,10-11H,5,7-9H2,1-4H3,(H,18,19,20). The summed E-state index contributed by atoms with van der Waals surface area (Å²) >= 11 is 1.69. The Bertz CT molecular complexity index is 736. The minimum Gasteiger partial charge on any atom is -0.372 e. The van der Waals surface area contributed by atoms with E-state index in [1.165, 1.54) is 4.88 Å². The van der Waals surface area contributed by atoms with Crippen molar-refractivity contribution in [2.75, 3.05) is 25.0 Å². The molecule has 24 heavy (non-hydrogen) atoms. The fourth-order valence-corrected chi connectivity index (χ4v) is 4.05. The molecule has 2 atom stereocenters. The quantitative estimate of drug-likeness (QED) is 0.920. The van der Waals surface area contributed by atoms with Gasteiger partial charge in [0.05, 0.1) is 24.1 Å². The van der Waals surface area contributed by atoms with E-state index in [1.54, 1.807) is 11.3 Å². The zero-order valence-electron chi connectivity index (χ0n) is 14.6. The number of fused-ring (bicyclic) bond motifs is 1. The molecule has 3 rings (SSSR count). The number of ether oxygens (including phenoxy) is 1. The van der Waals surface area contributed by atoms with Crippen molar-refractivity contribution in [3.63, 3.8) is 0 Å². The van der Waals surface area contributed by atoms with Crippen molar-refractivity contribution >= 4 is 33.3 Å². The van der Waals surface area contributed by atoms with Crippen LogP contribution in [0.1, 0.15) is 31.5 Å². The lowest BCUT2D eigenvalue weighted by molar-refractivity contribution is -0.141. The second kappa shape index (κ2) is 7.03. The van der Waals surface area contributed by atoms with E-state index in [9.17, 15) is 4.79 Å². The fraction of sp³-hybridized carbons (Fsp3) is 0.588. The molecule has 0 bridgehead atoms. The number of morpholine rings is 1. The van der Waals surface area contributed by atoms with Crippen molar-refractivity contribution in [1.29, 1.82) is 0 Å². The first-order chi connectivity index (χ1) is 11.5. The van der Waals surface area contributed by atoms with Crippen molar-refractivity contribution in [2.45, 2.75) is 46.3 Å². The van der Waals surface area contributed by atoms with Crippen LogP contribution < -0.4 is 5.32 Å². The van der Waals surface area contributed by atoms with Gasteiger partial charge in [-0.2, -0.15) is 0 Å². The molecule has 0 radical (unpaired) electrons. The van der Waals surface area contributed by atoms with Gasteiger partial charge in [0.1, 0.15) is 16.5 Å². The molecular weight excluding hydrogens is 324 g/mol. The number of hydrogen-bond acceptors (Lipinski definition) is 6. The summed E-state index contributed by atoms with van der Waals surface area (Å²) in [5, 5.41) is 4.22. The molecule has 0 saturated carbocycles. The highest BCUT2D eigenvalue weighted by atomic mass is 32.1. The van der Waals surface area contributed by atoms with E-state index in [-0.39, 0.29) is 24.7 Å². The highest BCUT2D eigenvalue weighted by molar-refractivity contribution is 7.18. The van der Waals surface area contributed by atoms with Gasteiger partial charge in [0.2, 0.25) is 5.91 Å². The number of rotatable bonds is 4. The molecule has 6 nitrogen and oxygen atoms in total. The summed E-state index contributed by atoms with van der Waals surface area (Å²) in [7, 11) is 0. The third kappa shape index (κ3) is 3.67. The zero-order valence-corrected chi connectivity index (χ0v) is 15.4. The van der Waals surface area contributed by atoms with Gasteiger partial charge in [-0.25, -0.2) is 9.97 Å². The van der Waals surface area contributed by atoms with Crippen molar-refractivity contribution in [3.8, 4) is 0 Å². The Hall–Kier alpha value is -1.73. The number of amides is 1. The highest BCUT2D eigenvalue weighted by Gasteiger charge is 2.25. The van der Waals surface area contributed by atoms with Gasteiger partial charge < -0.3 is 15.0 Å². The van der Waals surface area contributed by atoms with E-state index in [1.807, 2.05) is 25.7 Å². The molecule has 1 amide bonds. The first kappa shape index (κ1) is 17.1. The molecule has 1 saturated heterocycles. The smallest absolute Gasteiger partial charge is 0.242 e. The van der Waals surface area contributed by atoms with Gasteiger partial charge in [-0.15, -0.1) is 11.3 Å². The van der Waals surface area contributed by atoms with Crippen molar-refractivity contribution in [3.05, 3.63) is 16.8 Å². The van der Waals surface area contributed by atoms with E-state index >= 15 is 0 Å². The topological polar surface area (TPSA) is 67.4 Å². The lowest BCUT2D eigenvalue weighted by Crippen LogP contribution is -2.49. The Morgan fingerprint density at radius 2 is 2.08 bits per heavy atom. The molecule has 130 valence electrons. The third-order valence-corrected chi connectivity index (χ3v) is 5.26. The van der Waals surface area contributed by atoms with Gasteiger partial charge >= 0.3 is 0 Å². The van der Waals surface area contributed by atoms with Gasteiger partial charge in [-0.05, 0) is 33.3 Å². The normalized spacial score (nSPS) is 21.2. The van der Waals surface area contributed by atoms with Crippen LogP contribution in [0.3, 0.4) is 0 Å². The molecule has 1 aliphatic heterocycles. The van der Waals surface area contributed by atoms with E-state index in [0.29, 0.717) is 13.1 Å². The van der Waals surface area contributed by atoms with Crippen LogP contribution in [0.25, 0.3) is 10.2 Å². The average molecular weight is 348 g/mol. The molecule has 2 unspecified atom stereocenters. The minimum absolute atomic E-state index is 0.0763. The summed E-state index contributed by atoms with van der Waals surface area (Å²) in [4.78, 5) is 25.6. The number of hydrogen-bond donors (Lipinski definition) is 1. The number of carbonyl (C=O) groups is 1. The fourth-order valence-electron chi connectivity index (χ4n) is 3.04. The Morgan fingerprint density at radius 1 is 1.38 bits per heavy atom. The molecule has 3 heterocycles. The summed E-state index contributed by atoms with van der Waals surface area (Å²) in [6.07, 6.45) is 1.13. The van der Waals surface area contributed by atoms with Gasteiger partial charge in [-0.3, -0.25) is 4.79 Å². The molecule has 2 aromatic heterocycles. The van der Waals surface area contributed by atoms with Gasteiger partial charge in [-0.1, -0.05) is 6.92 Å². The minimum atomic E-state index is 0.0763. The van der Waals surface area contributed by atoms with Crippen LogP contribution >= 0.6 is 11.3 Å². The van der Waals surface area contributed by atoms with Gasteiger partial charge in [0.15, 0.2) is 0 Å². The zero-order chi connectivity index (χ0) is 17.3.